The van der Waals surface area contributed by atoms with E-state index in [4.69, 9.17) is 11.6 Å². The molecule has 1 fully saturated rings. The lowest BCUT2D eigenvalue weighted by atomic mass is 10.1. The van der Waals surface area contributed by atoms with Crippen molar-refractivity contribution in [2.45, 2.75) is 25.5 Å². The summed E-state index contributed by atoms with van der Waals surface area (Å²) in [5, 5.41) is 6.60. The van der Waals surface area contributed by atoms with Gasteiger partial charge in [0.2, 0.25) is 0 Å². The standard InChI is InChI=1S/C17H20ClN3O3S/c1-11-16(12(2)20-19-11)17(22)21-8-7-15(25(23,24)10-9-21)13-5-3-4-6-14(13)18/h3-6,15H,7-10H2,1-2H3,(H,19,20). The molecular formula is C17H20ClN3O3S. The van der Waals surface area contributed by atoms with E-state index in [1.807, 2.05) is 0 Å². The van der Waals surface area contributed by atoms with Gasteiger partial charge in [0.05, 0.1) is 22.3 Å². The monoisotopic (exact) mass is 381 g/mol. The first-order valence-electron chi connectivity index (χ1n) is 8.08. The number of halogens is 1. The van der Waals surface area contributed by atoms with Crippen molar-refractivity contribution < 1.29 is 13.2 Å². The number of amides is 1. The molecule has 1 aliphatic heterocycles. The number of aromatic nitrogens is 2. The van der Waals surface area contributed by atoms with Gasteiger partial charge < -0.3 is 4.90 Å². The highest BCUT2D eigenvalue weighted by Gasteiger charge is 2.34. The minimum atomic E-state index is -3.39. The van der Waals surface area contributed by atoms with Crippen molar-refractivity contribution in [3.8, 4) is 0 Å². The number of H-pyrrole nitrogens is 1. The summed E-state index contributed by atoms with van der Waals surface area (Å²) in [4.78, 5) is 14.4. The average molecular weight is 382 g/mol. The number of carbonyl (C=O) groups excluding carboxylic acids is 1. The maximum atomic E-state index is 12.8. The van der Waals surface area contributed by atoms with Crippen LogP contribution in [0.2, 0.25) is 5.02 Å². The Bertz CT molecular complexity index is 888. The van der Waals surface area contributed by atoms with Gasteiger partial charge in [0.25, 0.3) is 5.91 Å². The number of aromatic amines is 1. The van der Waals surface area contributed by atoms with Crippen LogP contribution >= 0.6 is 11.6 Å². The number of carbonyl (C=O) groups is 1. The van der Waals surface area contributed by atoms with Gasteiger partial charge >= 0.3 is 0 Å². The summed E-state index contributed by atoms with van der Waals surface area (Å²) < 4.78 is 25.5. The zero-order chi connectivity index (χ0) is 18.2. The third kappa shape index (κ3) is 3.43. The summed E-state index contributed by atoms with van der Waals surface area (Å²) in [5.74, 6) is -0.260. The van der Waals surface area contributed by atoms with E-state index < -0.39 is 15.1 Å². The molecule has 1 N–H and O–H groups in total. The van der Waals surface area contributed by atoms with Gasteiger partial charge in [-0.25, -0.2) is 8.42 Å². The number of benzene rings is 1. The van der Waals surface area contributed by atoms with Crippen molar-refractivity contribution >= 4 is 27.3 Å². The molecule has 2 heterocycles. The van der Waals surface area contributed by atoms with Crippen molar-refractivity contribution in [2.75, 3.05) is 18.8 Å². The van der Waals surface area contributed by atoms with E-state index in [-0.39, 0.29) is 18.2 Å². The Morgan fingerprint density at radius 3 is 2.64 bits per heavy atom. The van der Waals surface area contributed by atoms with E-state index in [0.29, 0.717) is 40.5 Å². The van der Waals surface area contributed by atoms with Crippen LogP contribution < -0.4 is 0 Å². The molecule has 8 heteroatoms. The number of aryl methyl sites for hydroxylation is 2. The first-order chi connectivity index (χ1) is 11.8. The molecule has 1 aromatic carbocycles. The molecule has 1 aliphatic rings. The number of nitrogens with one attached hydrogen (secondary N) is 1. The zero-order valence-corrected chi connectivity index (χ0v) is 15.7. The summed E-state index contributed by atoms with van der Waals surface area (Å²) in [5.41, 5.74) is 2.44. The lowest BCUT2D eigenvalue weighted by Gasteiger charge is -2.20. The predicted octanol–water partition coefficient (Wildman–Crippen LogP) is 2.68. The van der Waals surface area contributed by atoms with Crippen LogP contribution in [-0.2, 0) is 9.84 Å². The van der Waals surface area contributed by atoms with Crippen LogP contribution in [0.15, 0.2) is 24.3 Å². The first-order valence-corrected chi connectivity index (χ1v) is 10.2. The molecule has 1 saturated heterocycles. The second-order valence-corrected chi connectivity index (χ2v) is 8.98. The number of rotatable bonds is 2. The predicted molar refractivity (Wildman–Crippen MR) is 96.6 cm³/mol. The summed E-state index contributed by atoms with van der Waals surface area (Å²) in [6, 6.07) is 6.99. The molecule has 0 bridgehead atoms. The molecule has 1 amide bonds. The van der Waals surface area contributed by atoms with Gasteiger partial charge in [-0.15, -0.1) is 0 Å². The van der Waals surface area contributed by atoms with E-state index in [0.717, 1.165) is 0 Å². The van der Waals surface area contributed by atoms with Crippen molar-refractivity contribution in [3.05, 3.63) is 51.8 Å². The molecule has 6 nitrogen and oxygen atoms in total. The normalized spacial score (nSPS) is 20.3. The second-order valence-electron chi connectivity index (χ2n) is 6.27. The highest BCUT2D eigenvalue weighted by molar-refractivity contribution is 7.91. The van der Waals surface area contributed by atoms with Crippen molar-refractivity contribution in [1.82, 2.24) is 15.1 Å². The topological polar surface area (TPSA) is 83.1 Å². The Morgan fingerprint density at radius 1 is 1.28 bits per heavy atom. The summed E-state index contributed by atoms with van der Waals surface area (Å²) in [7, 11) is -3.39. The van der Waals surface area contributed by atoms with Crippen LogP contribution in [0, 0.1) is 13.8 Å². The molecule has 3 rings (SSSR count). The van der Waals surface area contributed by atoms with Gasteiger partial charge in [-0.05, 0) is 31.9 Å². The third-order valence-corrected chi connectivity index (χ3v) is 7.07. The van der Waals surface area contributed by atoms with Gasteiger partial charge in [-0.3, -0.25) is 9.89 Å². The summed E-state index contributed by atoms with van der Waals surface area (Å²) in [6.45, 7) is 4.08. The van der Waals surface area contributed by atoms with Crippen LogP contribution in [0.4, 0.5) is 0 Å². The lowest BCUT2D eigenvalue weighted by Crippen LogP contribution is -2.34. The largest absolute Gasteiger partial charge is 0.337 e. The van der Waals surface area contributed by atoms with Gasteiger partial charge in [-0.1, -0.05) is 29.8 Å². The molecule has 0 spiro atoms. The molecule has 134 valence electrons. The lowest BCUT2D eigenvalue weighted by molar-refractivity contribution is 0.0765. The minimum Gasteiger partial charge on any atom is -0.337 e. The van der Waals surface area contributed by atoms with Gasteiger partial charge in [0, 0.05) is 23.8 Å². The Balaban J connectivity index is 1.88. The van der Waals surface area contributed by atoms with Gasteiger partial charge in [-0.2, -0.15) is 5.10 Å². The Kier molecular flexibility index (Phi) is 4.88. The molecule has 25 heavy (non-hydrogen) atoms. The summed E-state index contributed by atoms with van der Waals surface area (Å²) >= 11 is 6.20. The Labute approximate surface area is 152 Å². The summed E-state index contributed by atoms with van der Waals surface area (Å²) in [6.07, 6.45) is 0.327. The van der Waals surface area contributed by atoms with Crippen LogP contribution in [-0.4, -0.2) is 48.3 Å². The van der Waals surface area contributed by atoms with Crippen molar-refractivity contribution in [2.24, 2.45) is 0 Å². The van der Waals surface area contributed by atoms with Crippen LogP contribution in [0.1, 0.15) is 39.0 Å². The fourth-order valence-electron chi connectivity index (χ4n) is 3.26. The number of nitrogens with zero attached hydrogens (tertiary/aromatic N) is 2. The van der Waals surface area contributed by atoms with Crippen molar-refractivity contribution in [3.63, 3.8) is 0 Å². The van der Waals surface area contributed by atoms with E-state index in [1.165, 1.54) is 0 Å². The fraction of sp³-hybridized carbons (Fsp3) is 0.412. The smallest absolute Gasteiger partial charge is 0.257 e. The van der Waals surface area contributed by atoms with Crippen LogP contribution in [0.25, 0.3) is 0 Å². The number of hydrogen-bond acceptors (Lipinski definition) is 4. The quantitative estimate of drug-likeness (QED) is 0.866. The van der Waals surface area contributed by atoms with Gasteiger partial charge in [0.15, 0.2) is 9.84 Å². The maximum absolute atomic E-state index is 12.8. The highest BCUT2D eigenvalue weighted by Crippen LogP contribution is 2.34. The highest BCUT2D eigenvalue weighted by atomic mass is 35.5. The molecule has 1 aromatic heterocycles. The second kappa shape index (κ2) is 6.80. The fourth-order valence-corrected chi connectivity index (χ4v) is 5.41. The molecular weight excluding hydrogens is 362 g/mol. The van der Waals surface area contributed by atoms with Gasteiger partial charge in [0.1, 0.15) is 0 Å². The van der Waals surface area contributed by atoms with Crippen LogP contribution in [0.5, 0.6) is 0 Å². The number of hydrogen-bond donors (Lipinski definition) is 1. The average Bonchev–Trinajstić information content (AvgIpc) is 2.80. The molecule has 0 saturated carbocycles. The third-order valence-electron chi connectivity index (χ3n) is 4.62. The van der Waals surface area contributed by atoms with E-state index >= 15 is 0 Å². The van der Waals surface area contributed by atoms with E-state index in [9.17, 15) is 13.2 Å². The zero-order valence-electron chi connectivity index (χ0n) is 14.1. The first kappa shape index (κ1) is 17.9. The van der Waals surface area contributed by atoms with E-state index in [2.05, 4.69) is 10.2 Å². The Morgan fingerprint density at radius 2 is 2.00 bits per heavy atom. The molecule has 2 aromatic rings. The van der Waals surface area contributed by atoms with Crippen molar-refractivity contribution in [1.29, 1.82) is 0 Å². The SMILES string of the molecule is Cc1n[nH]c(C)c1C(=O)N1CCC(c2ccccc2Cl)S(=O)(=O)CC1. The molecule has 1 atom stereocenters. The molecule has 1 unspecified atom stereocenters. The van der Waals surface area contributed by atoms with E-state index in [1.54, 1.807) is 43.0 Å². The van der Waals surface area contributed by atoms with Crippen LogP contribution in [0.3, 0.4) is 0 Å². The maximum Gasteiger partial charge on any atom is 0.257 e. The Hall–Kier alpha value is -1.86. The molecule has 0 radical (unpaired) electrons. The minimum absolute atomic E-state index is 0.0788. The number of sulfone groups is 1. The molecule has 0 aliphatic carbocycles.